The molecule has 1 heterocycles. The van der Waals surface area contributed by atoms with Gasteiger partial charge < -0.3 is 29.0 Å². The quantitative estimate of drug-likeness (QED) is 0.557. The predicted octanol–water partition coefficient (Wildman–Crippen LogP) is 4.81. The molecule has 0 spiro atoms. The molecule has 0 radical (unpaired) electrons. The highest BCUT2D eigenvalue weighted by Gasteiger charge is 2.20. The molecule has 1 aromatic heterocycles. The lowest BCUT2D eigenvalue weighted by atomic mass is 10.1. The van der Waals surface area contributed by atoms with Crippen molar-refractivity contribution >= 4 is 11.7 Å². The summed E-state index contributed by atoms with van der Waals surface area (Å²) in [7, 11) is 4.73. The second kappa shape index (κ2) is 9.88. The lowest BCUT2D eigenvalue weighted by molar-refractivity contribution is 0.191. The average Bonchev–Trinajstić information content (AvgIpc) is 3.25. The molecule has 2 amide bonds. The van der Waals surface area contributed by atoms with Gasteiger partial charge in [0.15, 0.2) is 5.76 Å². The summed E-state index contributed by atoms with van der Waals surface area (Å²) in [6, 6.07) is 14.2. The van der Waals surface area contributed by atoms with E-state index in [-0.39, 0.29) is 18.6 Å². The summed E-state index contributed by atoms with van der Waals surface area (Å²) in [5.41, 5.74) is 2.07. The fraction of sp³-hybridized carbons (Fsp3) is 0.304. The number of carbonyl (C=O) groups excluding carboxylic acids is 1. The van der Waals surface area contributed by atoms with Crippen molar-refractivity contribution in [1.29, 1.82) is 0 Å². The Balaban J connectivity index is 1.76. The number of nitrogens with one attached hydrogen (secondary N) is 1. The van der Waals surface area contributed by atoms with E-state index < -0.39 is 0 Å². The van der Waals surface area contributed by atoms with Crippen LogP contribution in [0.3, 0.4) is 0 Å². The molecular formula is C23H27N3O5. The van der Waals surface area contributed by atoms with Crippen molar-refractivity contribution in [3.05, 3.63) is 54.2 Å². The van der Waals surface area contributed by atoms with E-state index in [1.54, 1.807) is 44.4 Å². The number of rotatable bonds is 8. The molecule has 0 aliphatic carbocycles. The summed E-state index contributed by atoms with van der Waals surface area (Å²) in [6.45, 7) is 4.17. The zero-order chi connectivity index (χ0) is 22.4. The van der Waals surface area contributed by atoms with Gasteiger partial charge >= 0.3 is 6.03 Å². The first-order valence-electron chi connectivity index (χ1n) is 9.84. The lowest BCUT2D eigenvalue weighted by Gasteiger charge is -2.26. The van der Waals surface area contributed by atoms with Crippen molar-refractivity contribution in [3.8, 4) is 28.6 Å². The van der Waals surface area contributed by atoms with Gasteiger partial charge in [0, 0.05) is 41.6 Å². The minimum absolute atomic E-state index is 0.0653. The fourth-order valence-electron chi connectivity index (χ4n) is 3.04. The first kappa shape index (κ1) is 22.0. The first-order chi connectivity index (χ1) is 14.9. The van der Waals surface area contributed by atoms with Gasteiger partial charge in [0.2, 0.25) is 0 Å². The minimum atomic E-state index is -0.267. The molecule has 0 unspecified atom stereocenters. The van der Waals surface area contributed by atoms with Gasteiger partial charge in [-0.25, -0.2) is 4.79 Å². The zero-order valence-electron chi connectivity index (χ0n) is 18.3. The van der Waals surface area contributed by atoms with Crippen molar-refractivity contribution in [2.24, 2.45) is 0 Å². The van der Waals surface area contributed by atoms with Crippen LogP contribution in [0.5, 0.6) is 17.2 Å². The van der Waals surface area contributed by atoms with Crippen molar-refractivity contribution in [3.63, 3.8) is 0 Å². The third-order valence-corrected chi connectivity index (χ3v) is 4.73. The monoisotopic (exact) mass is 425 g/mol. The summed E-state index contributed by atoms with van der Waals surface area (Å²) in [5.74, 6) is 2.51. The van der Waals surface area contributed by atoms with E-state index >= 15 is 0 Å². The summed E-state index contributed by atoms with van der Waals surface area (Å²) in [4.78, 5) is 14.6. The van der Waals surface area contributed by atoms with E-state index in [2.05, 4.69) is 10.5 Å². The van der Waals surface area contributed by atoms with Crippen LogP contribution in [0, 0.1) is 0 Å². The average molecular weight is 425 g/mol. The molecule has 0 saturated heterocycles. The Kier molecular flexibility index (Phi) is 7.02. The Morgan fingerprint density at radius 1 is 1.00 bits per heavy atom. The Morgan fingerprint density at radius 3 is 2.29 bits per heavy atom. The fourth-order valence-corrected chi connectivity index (χ4v) is 3.04. The maximum atomic E-state index is 13.0. The minimum Gasteiger partial charge on any atom is -0.497 e. The summed E-state index contributed by atoms with van der Waals surface area (Å²) in [5, 5.41) is 7.04. The molecule has 1 N–H and O–H groups in total. The van der Waals surface area contributed by atoms with Crippen LogP contribution >= 0.6 is 0 Å². The van der Waals surface area contributed by atoms with E-state index in [1.165, 1.54) is 0 Å². The normalized spacial score (nSPS) is 10.6. The number of anilines is 1. The molecule has 3 aromatic rings. The maximum absolute atomic E-state index is 13.0. The number of nitrogens with zero attached hydrogens (tertiary/aromatic N) is 2. The van der Waals surface area contributed by atoms with Gasteiger partial charge in [0.05, 0.1) is 27.9 Å². The number of aromatic nitrogens is 1. The van der Waals surface area contributed by atoms with Crippen LogP contribution in [-0.4, -0.2) is 43.5 Å². The summed E-state index contributed by atoms with van der Waals surface area (Å²) >= 11 is 0. The highest BCUT2D eigenvalue weighted by Crippen LogP contribution is 2.27. The van der Waals surface area contributed by atoms with Crippen LogP contribution in [-0.2, 0) is 6.54 Å². The number of hydrogen-bond donors (Lipinski definition) is 1. The summed E-state index contributed by atoms with van der Waals surface area (Å²) in [6.07, 6.45) is 0. The number of amides is 2. The Labute approximate surface area is 181 Å². The van der Waals surface area contributed by atoms with Crippen molar-refractivity contribution in [2.45, 2.75) is 26.4 Å². The molecule has 0 aliphatic rings. The van der Waals surface area contributed by atoms with Crippen molar-refractivity contribution in [2.75, 3.05) is 26.6 Å². The summed E-state index contributed by atoms with van der Waals surface area (Å²) < 4.78 is 21.3. The van der Waals surface area contributed by atoms with E-state index in [0.29, 0.717) is 28.6 Å². The second-order valence-corrected chi connectivity index (χ2v) is 7.17. The SMILES string of the molecule is COc1cc(NC(=O)N(Cc2cc(-c3cccc(OC)c3)on2)C(C)C)cc(OC)c1. The third-order valence-electron chi connectivity index (χ3n) is 4.73. The number of urea groups is 1. The van der Waals surface area contributed by atoms with Crippen LogP contribution in [0.2, 0.25) is 0 Å². The molecule has 2 aromatic carbocycles. The molecule has 0 bridgehead atoms. The molecule has 0 atom stereocenters. The Morgan fingerprint density at radius 2 is 1.68 bits per heavy atom. The van der Waals surface area contributed by atoms with Gasteiger partial charge in [-0.1, -0.05) is 17.3 Å². The number of carbonyl (C=O) groups is 1. The van der Waals surface area contributed by atoms with Crippen LogP contribution in [0.25, 0.3) is 11.3 Å². The second-order valence-electron chi connectivity index (χ2n) is 7.17. The van der Waals surface area contributed by atoms with Gasteiger partial charge in [0.25, 0.3) is 0 Å². The topological polar surface area (TPSA) is 86.1 Å². The molecule has 0 aliphatic heterocycles. The lowest BCUT2D eigenvalue weighted by Crippen LogP contribution is -2.39. The molecular weight excluding hydrogens is 398 g/mol. The largest absolute Gasteiger partial charge is 0.497 e. The van der Waals surface area contributed by atoms with Gasteiger partial charge in [0.1, 0.15) is 22.9 Å². The first-order valence-corrected chi connectivity index (χ1v) is 9.84. The zero-order valence-corrected chi connectivity index (χ0v) is 18.3. The molecule has 0 saturated carbocycles. The molecule has 8 heteroatoms. The molecule has 3 rings (SSSR count). The standard InChI is InChI=1S/C23H27N3O5/c1-15(2)26(23(27)24-17-10-20(29-4)13-21(11-17)30-5)14-18-12-22(31-25-18)16-7-6-8-19(9-16)28-3/h6-13,15H,14H2,1-5H3,(H,24,27). The molecule has 164 valence electrons. The van der Waals surface area contributed by atoms with E-state index in [9.17, 15) is 4.79 Å². The van der Waals surface area contributed by atoms with Gasteiger partial charge in [-0.05, 0) is 26.0 Å². The Bertz CT molecular complexity index is 1010. The van der Waals surface area contributed by atoms with Gasteiger partial charge in [-0.15, -0.1) is 0 Å². The maximum Gasteiger partial charge on any atom is 0.322 e. The van der Waals surface area contributed by atoms with Crippen LogP contribution < -0.4 is 19.5 Å². The van der Waals surface area contributed by atoms with E-state index in [0.717, 1.165) is 11.3 Å². The number of hydrogen-bond acceptors (Lipinski definition) is 6. The van der Waals surface area contributed by atoms with Gasteiger partial charge in [-0.2, -0.15) is 0 Å². The number of ether oxygens (including phenoxy) is 3. The van der Waals surface area contributed by atoms with E-state index in [1.807, 2.05) is 44.2 Å². The van der Waals surface area contributed by atoms with Crippen molar-refractivity contribution in [1.82, 2.24) is 10.1 Å². The highest BCUT2D eigenvalue weighted by atomic mass is 16.5. The predicted molar refractivity (Wildman–Crippen MR) is 118 cm³/mol. The smallest absolute Gasteiger partial charge is 0.322 e. The Hall–Kier alpha value is -3.68. The van der Waals surface area contributed by atoms with Crippen LogP contribution in [0.1, 0.15) is 19.5 Å². The van der Waals surface area contributed by atoms with Crippen molar-refractivity contribution < 1.29 is 23.5 Å². The number of benzene rings is 2. The number of methoxy groups -OCH3 is 3. The molecule has 0 fully saturated rings. The third kappa shape index (κ3) is 5.48. The van der Waals surface area contributed by atoms with Crippen LogP contribution in [0.15, 0.2) is 53.1 Å². The molecule has 8 nitrogen and oxygen atoms in total. The van der Waals surface area contributed by atoms with Crippen LogP contribution in [0.4, 0.5) is 10.5 Å². The highest BCUT2D eigenvalue weighted by molar-refractivity contribution is 5.90. The van der Waals surface area contributed by atoms with E-state index in [4.69, 9.17) is 18.7 Å². The molecule has 31 heavy (non-hydrogen) atoms. The van der Waals surface area contributed by atoms with Gasteiger partial charge in [-0.3, -0.25) is 0 Å².